The van der Waals surface area contributed by atoms with Crippen LogP contribution in [0.3, 0.4) is 0 Å². The van der Waals surface area contributed by atoms with Gasteiger partial charge in [0.1, 0.15) is 24.0 Å². The molecule has 0 aliphatic carbocycles. The Morgan fingerprint density at radius 2 is 2.03 bits per heavy atom. The van der Waals surface area contributed by atoms with Gasteiger partial charge >= 0.3 is 0 Å². The lowest BCUT2D eigenvalue weighted by Crippen LogP contribution is -2.35. The minimum absolute atomic E-state index is 0.0896. The Hall–Kier alpha value is -3.39. The molecular weight excluding hydrogens is 416 g/mol. The maximum atomic E-state index is 13.6. The minimum Gasteiger partial charge on any atom is -0.474 e. The van der Waals surface area contributed by atoms with Crippen molar-refractivity contribution in [3.63, 3.8) is 0 Å². The van der Waals surface area contributed by atoms with Gasteiger partial charge in [0.2, 0.25) is 17.7 Å². The fraction of sp³-hybridized carbons (Fsp3) is 0.316. The number of nitrogens with zero attached hydrogens (tertiary/aromatic N) is 4. The average Bonchev–Trinajstić information content (AvgIpc) is 3.12. The van der Waals surface area contributed by atoms with Gasteiger partial charge in [-0.1, -0.05) is 0 Å². The Labute approximate surface area is 174 Å². The monoisotopic (exact) mass is 433 g/mol. The summed E-state index contributed by atoms with van der Waals surface area (Å²) in [5, 5.41) is 11.8. The van der Waals surface area contributed by atoms with Crippen molar-refractivity contribution < 1.29 is 23.0 Å². The summed E-state index contributed by atoms with van der Waals surface area (Å²) in [5.74, 6) is -2.79. The van der Waals surface area contributed by atoms with E-state index in [1.807, 2.05) is 6.07 Å². The van der Waals surface area contributed by atoms with Crippen molar-refractivity contribution in [3.8, 4) is 23.6 Å². The predicted molar refractivity (Wildman–Crippen MR) is 105 cm³/mol. The number of carbonyl (C=O) groups excluding carboxylic acids is 1. The largest absolute Gasteiger partial charge is 0.474 e. The number of aromatic nitrogens is 3. The third-order valence-electron chi connectivity index (χ3n) is 3.76. The van der Waals surface area contributed by atoms with Crippen LogP contribution >= 0.6 is 11.3 Å². The van der Waals surface area contributed by atoms with Gasteiger partial charge in [0.05, 0.1) is 28.7 Å². The Balaban J connectivity index is 1.76. The van der Waals surface area contributed by atoms with E-state index in [0.29, 0.717) is 10.2 Å². The lowest BCUT2D eigenvalue weighted by atomic mass is 10.2. The zero-order chi connectivity index (χ0) is 21.9. The molecule has 8 nitrogen and oxygen atoms in total. The molecule has 3 aromatic rings. The Kier molecular flexibility index (Phi) is 6.07. The maximum absolute atomic E-state index is 13.6. The van der Waals surface area contributed by atoms with Crippen molar-refractivity contribution in [2.75, 3.05) is 6.61 Å². The standard InChI is InChI=1S/C19H17F2N5O3S/c1-10(25-11(2)27)9-28-15-7-24-16(8-23-15)29-14-5-4-13-17(12(14)6-22)30-18(26-13)19(3,20)21/h4-5,7-8,10H,9H2,1-3H3,(H,25,27)/t10-/m0/s1. The van der Waals surface area contributed by atoms with Crippen molar-refractivity contribution in [3.05, 3.63) is 35.1 Å². The molecule has 11 heteroatoms. The van der Waals surface area contributed by atoms with Crippen molar-refractivity contribution in [1.29, 1.82) is 5.26 Å². The van der Waals surface area contributed by atoms with Crippen molar-refractivity contribution in [2.45, 2.75) is 32.7 Å². The number of amides is 1. The number of carbonyl (C=O) groups is 1. The van der Waals surface area contributed by atoms with E-state index < -0.39 is 5.92 Å². The first-order valence-corrected chi connectivity index (χ1v) is 9.60. The summed E-state index contributed by atoms with van der Waals surface area (Å²) in [7, 11) is 0. The highest BCUT2D eigenvalue weighted by Crippen LogP contribution is 2.38. The molecule has 3 rings (SSSR count). The topological polar surface area (TPSA) is 110 Å². The lowest BCUT2D eigenvalue weighted by molar-refractivity contribution is -0.119. The molecule has 0 aliphatic heterocycles. The van der Waals surface area contributed by atoms with E-state index in [1.165, 1.54) is 31.5 Å². The Morgan fingerprint density at radius 1 is 1.33 bits per heavy atom. The molecule has 2 aromatic heterocycles. The summed E-state index contributed by atoms with van der Waals surface area (Å²) in [4.78, 5) is 23.0. The molecule has 0 bridgehead atoms. The van der Waals surface area contributed by atoms with E-state index in [-0.39, 0.29) is 46.6 Å². The second-order valence-corrected chi connectivity index (χ2v) is 7.51. The highest BCUT2D eigenvalue weighted by Gasteiger charge is 2.30. The number of nitriles is 1. The molecule has 0 spiro atoms. The van der Waals surface area contributed by atoms with Crippen LogP contribution in [0.15, 0.2) is 24.5 Å². The van der Waals surface area contributed by atoms with Crippen molar-refractivity contribution >= 4 is 27.5 Å². The molecule has 0 fully saturated rings. The number of fused-ring (bicyclic) bond motifs is 1. The second kappa shape index (κ2) is 8.54. The van der Waals surface area contributed by atoms with Crippen LogP contribution in [0.25, 0.3) is 10.2 Å². The van der Waals surface area contributed by atoms with Gasteiger partial charge in [0.25, 0.3) is 5.92 Å². The highest BCUT2D eigenvalue weighted by molar-refractivity contribution is 7.19. The molecule has 2 heterocycles. The number of benzene rings is 1. The highest BCUT2D eigenvalue weighted by atomic mass is 32.1. The van der Waals surface area contributed by atoms with Gasteiger partial charge in [-0.3, -0.25) is 4.79 Å². The Morgan fingerprint density at radius 3 is 2.63 bits per heavy atom. The number of hydrogen-bond donors (Lipinski definition) is 1. The molecule has 0 aliphatic rings. The van der Waals surface area contributed by atoms with Crippen molar-refractivity contribution in [2.24, 2.45) is 0 Å². The number of hydrogen-bond acceptors (Lipinski definition) is 8. The summed E-state index contributed by atoms with van der Waals surface area (Å²) < 4.78 is 38.5. The fourth-order valence-corrected chi connectivity index (χ4v) is 3.48. The van der Waals surface area contributed by atoms with Gasteiger partial charge in [0, 0.05) is 13.8 Å². The normalized spacial score (nSPS) is 12.3. The quantitative estimate of drug-likeness (QED) is 0.604. The summed E-state index contributed by atoms with van der Waals surface area (Å²) in [6, 6.07) is 4.75. The molecule has 0 radical (unpaired) electrons. The Bertz CT molecular complexity index is 1110. The van der Waals surface area contributed by atoms with Gasteiger partial charge in [-0.15, -0.1) is 11.3 Å². The maximum Gasteiger partial charge on any atom is 0.296 e. The van der Waals surface area contributed by atoms with Gasteiger partial charge in [-0.05, 0) is 19.1 Å². The first kappa shape index (κ1) is 21.3. The molecular formula is C19H17F2N5O3S. The molecule has 30 heavy (non-hydrogen) atoms. The molecule has 0 unspecified atom stereocenters. The number of nitrogens with one attached hydrogen (secondary N) is 1. The summed E-state index contributed by atoms with van der Waals surface area (Å²) in [6.07, 6.45) is 2.64. The summed E-state index contributed by atoms with van der Waals surface area (Å²) in [5.41, 5.74) is 0.385. The van der Waals surface area contributed by atoms with Crippen LogP contribution in [-0.4, -0.2) is 33.5 Å². The van der Waals surface area contributed by atoms with Crippen LogP contribution < -0.4 is 14.8 Å². The average molecular weight is 433 g/mol. The number of ether oxygens (including phenoxy) is 2. The third-order valence-corrected chi connectivity index (χ3v) is 5.02. The van der Waals surface area contributed by atoms with Gasteiger partial charge in [0.15, 0.2) is 5.01 Å². The predicted octanol–water partition coefficient (Wildman–Crippen LogP) is 3.77. The van der Waals surface area contributed by atoms with Gasteiger partial charge in [-0.25, -0.2) is 15.0 Å². The van der Waals surface area contributed by atoms with Crippen LogP contribution in [-0.2, 0) is 10.7 Å². The zero-order valence-electron chi connectivity index (χ0n) is 16.3. The SMILES string of the molecule is CC(=O)N[C@@H](C)COc1cnc(Oc2ccc3nc(C(C)(F)F)sc3c2C#N)cn1. The number of halogens is 2. The van der Waals surface area contributed by atoms with E-state index >= 15 is 0 Å². The molecule has 1 atom stereocenters. The number of rotatable bonds is 7. The van der Waals surface area contributed by atoms with E-state index in [2.05, 4.69) is 20.3 Å². The summed E-state index contributed by atoms with van der Waals surface area (Å²) in [6.45, 7) is 4.16. The molecule has 156 valence electrons. The van der Waals surface area contributed by atoms with E-state index in [4.69, 9.17) is 9.47 Å². The molecule has 0 saturated heterocycles. The molecule has 0 saturated carbocycles. The molecule has 1 N–H and O–H groups in total. The van der Waals surface area contributed by atoms with Crippen LogP contribution in [0.5, 0.6) is 17.5 Å². The van der Waals surface area contributed by atoms with Gasteiger partial charge in [-0.2, -0.15) is 14.0 Å². The molecule has 1 aromatic carbocycles. The van der Waals surface area contributed by atoms with Crippen LogP contribution in [0.4, 0.5) is 8.78 Å². The smallest absolute Gasteiger partial charge is 0.296 e. The van der Waals surface area contributed by atoms with E-state index in [0.717, 1.165) is 18.3 Å². The number of alkyl halides is 2. The zero-order valence-corrected chi connectivity index (χ0v) is 17.1. The van der Waals surface area contributed by atoms with Crippen LogP contribution in [0, 0.1) is 11.3 Å². The first-order chi connectivity index (χ1) is 14.2. The first-order valence-electron chi connectivity index (χ1n) is 8.79. The number of thiazole rings is 1. The fourth-order valence-electron chi connectivity index (χ4n) is 2.50. The van der Waals surface area contributed by atoms with Crippen LogP contribution in [0.1, 0.15) is 31.3 Å². The minimum atomic E-state index is -3.10. The van der Waals surface area contributed by atoms with Gasteiger partial charge < -0.3 is 14.8 Å². The molecule has 1 amide bonds. The third kappa shape index (κ3) is 4.96. The van der Waals surface area contributed by atoms with E-state index in [9.17, 15) is 18.8 Å². The lowest BCUT2D eigenvalue weighted by Gasteiger charge is -2.13. The summed E-state index contributed by atoms with van der Waals surface area (Å²) >= 11 is 0.746. The van der Waals surface area contributed by atoms with Crippen molar-refractivity contribution in [1.82, 2.24) is 20.3 Å². The second-order valence-electron chi connectivity index (χ2n) is 6.51. The van der Waals surface area contributed by atoms with E-state index in [1.54, 1.807) is 6.92 Å². The van der Waals surface area contributed by atoms with Crippen LogP contribution in [0.2, 0.25) is 0 Å².